The first-order chi connectivity index (χ1) is 13.7. The normalized spacial score (nSPS) is 10.5. The summed E-state index contributed by atoms with van der Waals surface area (Å²) in [5.41, 5.74) is 2.62. The van der Waals surface area contributed by atoms with E-state index >= 15 is 0 Å². The zero-order chi connectivity index (χ0) is 19.5. The largest absolute Gasteiger partial charge is 0.208 e. The third-order valence-corrected chi connectivity index (χ3v) is 4.77. The molecule has 4 nitrogen and oxygen atoms in total. The number of aromatic nitrogens is 3. The molecule has 0 saturated carbocycles. The van der Waals surface area contributed by atoms with Crippen LogP contribution in [-0.2, 0) is 0 Å². The van der Waals surface area contributed by atoms with Crippen molar-refractivity contribution in [2.24, 2.45) is 0 Å². The highest BCUT2D eigenvalue weighted by Gasteiger charge is 2.15. The Morgan fingerprint density at radius 1 is 0.643 bits per heavy atom. The van der Waals surface area contributed by atoms with E-state index in [1.807, 2.05) is 42.5 Å². The molecule has 0 aliphatic rings. The minimum atomic E-state index is 0.438. The van der Waals surface area contributed by atoms with Gasteiger partial charge in [-0.1, -0.05) is 59.6 Å². The van der Waals surface area contributed by atoms with Crippen LogP contribution in [0, 0.1) is 11.3 Å². The van der Waals surface area contributed by atoms with Gasteiger partial charge in [-0.3, -0.25) is 0 Å². The fourth-order valence-corrected chi connectivity index (χ4v) is 3.20. The number of rotatable bonds is 3. The molecule has 0 spiro atoms. The Labute approximate surface area is 172 Å². The first-order valence-corrected chi connectivity index (χ1v) is 9.18. The summed E-state index contributed by atoms with van der Waals surface area (Å²) >= 11 is 12.7. The predicted molar refractivity (Wildman–Crippen MR) is 111 cm³/mol. The smallest absolute Gasteiger partial charge is 0.165 e. The van der Waals surface area contributed by atoms with Crippen LogP contribution in [-0.4, -0.2) is 15.0 Å². The lowest BCUT2D eigenvalue weighted by Crippen LogP contribution is -2.01. The summed E-state index contributed by atoms with van der Waals surface area (Å²) in [5.74, 6) is 1.32. The van der Waals surface area contributed by atoms with Crippen LogP contribution in [0.5, 0.6) is 0 Å². The highest BCUT2D eigenvalue weighted by molar-refractivity contribution is 6.33. The monoisotopic (exact) mass is 402 g/mol. The fourth-order valence-electron chi connectivity index (χ4n) is 2.76. The molecular formula is C22H12Cl2N4. The molecule has 134 valence electrons. The van der Waals surface area contributed by atoms with Crippen molar-refractivity contribution in [1.82, 2.24) is 15.0 Å². The van der Waals surface area contributed by atoms with Crippen LogP contribution >= 0.6 is 23.2 Å². The Bertz CT molecular complexity index is 1150. The van der Waals surface area contributed by atoms with Crippen molar-refractivity contribution in [3.63, 3.8) is 0 Å². The van der Waals surface area contributed by atoms with Crippen molar-refractivity contribution >= 4 is 23.2 Å². The standard InChI is InChI=1S/C22H12Cl2N4/c23-18-10-3-1-8-16(18)21-26-20(15-7-5-6-14(12-15)13-25)27-22(28-21)17-9-2-4-11-19(17)24/h1-12H. The van der Waals surface area contributed by atoms with Gasteiger partial charge in [0.15, 0.2) is 17.5 Å². The third kappa shape index (κ3) is 3.59. The molecule has 1 aromatic heterocycles. The van der Waals surface area contributed by atoms with E-state index in [0.29, 0.717) is 49.8 Å². The van der Waals surface area contributed by atoms with Crippen LogP contribution in [0.25, 0.3) is 34.2 Å². The number of benzene rings is 3. The van der Waals surface area contributed by atoms with Crippen LogP contribution in [0.15, 0.2) is 72.8 Å². The molecule has 0 aliphatic carbocycles. The molecule has 0 radical (unpaired) electrons. The van der Waals surface area contributed by atoms with E-state index in [0.717, 1.165) is 0 Å². The van der Waals surface area contributed by atoms with Crippen molar-refractivity contribution in [2.75, 3.05) is 0 Å². The number of hydrogen-bond acceptors (Lipinski definition) is 4. The summed E-state index contributed by atoms with van der Waals surface area (Å²) in [4.78, 5) is 13.8. The molecule has 4 rings (SSSR count). The van der Waals surface area contributed by atoms with Gasteiger partial charge in [-0.05, 0) is 36.4 Å². The van der Waals surface area contributed by atoms with Crippen molar-refractivity contribution in [3.8, 4) is 40.2 Å². The molecule has 0 N–H and O–H groups in total. The van der Waals surface area contributed by atoms with Crippen LogP contribution in [0.3, 0.4) is 0 Å². The van der Waals surface area contributed by atoms with E-state index in [1.165, 1.54) is 0 Å². The van der Waals surface area contributed by atoms with E-state index < -0.39 is 0 Å². The number of halogens is 2. The highest BCUT2D eigenvalue weighted by Crippen LogP contribution is 2.31. The van der Waals surface area contributed by atoms with Gasteiger partial charge in [0, 0.05) is 16.7 Å². The quantitative estimate of drug-likeness (QED) is 0.418. The Balaban J connectivity index is 1.97. The van der Waals surface area contributed by atoms with Crippen molar-refractivity contribution in [1.29, 1.82) is 5.26 Å². The molecule has 0 bridgehead atoms. The van der Waals surface area contributed by atoms with Crippen molar-refractivity contribution in [3.05, 3.63) is 88.4 Å². The summed E-state index contributed by atoms with van der Waals surface area (Å²) in [6.07, 6.45) is 0. The van der Waals surface area contributed by atoms with Gasteiger partial charge in [0.1, 0.15) is 0 Å². The maximum absolute atomic E-state index is 9.21. The van der Waals surface area contributed by atoms with Crippen LogP contribution < -0.4 is 0 Å². The first kappa shape index (κ1) is 18.1. The molecule has 3 aromatic carbocycles. The summed E-state index contributed by atoms with van der Waals surface area (Å²) in [7, 11) is 0. The van der Waals surface area contributed by atoms with E-state index in [4.69, 9.17) is 23.2 Å². The first-order valence-electron chi connectivity index (χ1n) is 8.42. The van der Waals surface area contributed by atoms with Gasteiger partial charge in [0.05, 0.1) is 21.7 Å². The number of nitriles is 1. The number of nitrogens with zero attached hydrogens (tertiary/aromatic N) is 4. The van der Waals surface area contributed by atoms with E-state index in [9.17, 15) is 5.26 Å². The average molecular weight is 403 g/mol. The molecule has 6 heteroatoms. The SMILES string of the molecule is N#Cc1cccc(-c2nc(-c3ccccc3Cl)nc(-c3ccccc3Cl)n2)c1. The van der Waals surface area contributed by atoms with Gasteiger partial charge in [0.25, 0.3) is 0 Å². The molecule has 0 unspecified atom stereocenters. The lowest BCUT2D eigenvalue weighted by Gasteiger charge is -2.10. The Hall–Kier alpha value is -3.26. The fraction of sp³-hybridized carbons (Fsp3) is 0. The van der Waals surface area contributed by atoms with E-state index in [-0.39, 0.29) is 0 Å². The molecule has 0 atom stereocenters. The zero-order valence-electron chi connectivity index (χ0n) is 14.5. The number of hydrogen-bond donors (Lipinski definition) is 0. The van der Waals surface area contributed by atoms with Crippen LogP contribution in [0.1, 0.15) is 5.56 Å². The minimum absolute atomic E-state index is 0.438. The van der Waals surface area contributed by atoms with Gasteiger partial charge in [-0.25, -0.2) is 15.0 Å². The third-order valence-electron chi connectivity index (χ3n) is 4.11. The average Bonchev–Trinajstić information content (AvgIpc) is 2.74. The molecule has 0 amide bonds. The summed E-state index contributed by atoms with van der Waals surface area (Å²) in [6.45, 7) is 0. The van der Waals surface area contributed by atoms with Gasteiger partial charge in [-0.15, -0.1) is 0 Å². The molecule has 1 heterocycles. The van der Waals surface area contributed by atoms with Gasteiger partial charge < -0.3 is 0 Å². The topological polar surface area (TPSA) is 62.5 Å². The molecular weight excluding hydrogens is 391 g/mol. The lowest BCUT2D eigenvalue weighted by atomic mass is 10.1. The maximum atomic E-state index is 9.21. The van der Waals surface area contributed by atoms with E-state index in [1.54, 1.807) is 30.3 Å². The summed E-state index contributed by atoms with van der Waals surface area (Å²) in [5, 5.41) is 10.3. The lowest BCUT2D eigenvalue weighted by molar-refractivity contribution is 1.07. The van der Waals surface area contributed by atoms with Gasteiger partial charge >= 0.3 is 0 Å². The highest BCUT2D eigenvalue weighted by atomic mass is 35.5. The minimum Gasteiger partial charge on any atom is -0.208 e. The van der Waals surface area contributed by atoms with Gasteiger partial charge in [0.2, 0.25) is 0 Å². The molecule has 0 fully saturated rings. The molecule has 28 heavy (non-hydrogen) atoms. The summed E-state index contributed by atoms with van der Waals surface area (Å²) in [6, 6.07) is 24.0. The Morgan fingerprint density at radius 3 is 1.71 bits per heavy atom. The second kappa shape index (κ2) is 7.77. The Kier molecular flexibility index (Phi) is 5.03. The Morgan fingerprint density at radius 2 is 1.18 bits per heavy atom. The predicted octanol–water partition coefficient (Wildman–Crippen LogP) is 6.05. The molecule has 0 aliphatic heterocycles. The molecule has 0 saturated heterocycles. The van der Waals surface area contributed by atoms with Gasteiger partial charge in [-0.2, -0.15) is 5.26 Å². The molecule has 4 aromatic rings. The second-order valence-electron chi connectivity index (χ2n) is 5.96. The maximum Gasteiger partial charge on any atom is 0.165 e. The summed E-state index contributed by atoms with van der Waals surface area (Å²) < 4.78 is 0. The van der Waals surface area contributed by atoms with Crippen molar-refractivity contribution in [2.45, 2.75) is 0 Å². The van der Waals surface area contributed by atoms with E-state index in [2.05, 4.69) is 21.0 Å². The van der Waals surface area contributed by atoms with Crippen molar-refractivity contribution < 1.29 is 0 Å². The van der Waals surface area contributed by atoms with Crippen LogP contribution in [0.4, 0.5) is 0 Å². The zero-order valence-corrected chi connectivity index (χ0v) is 16.0. The second-order valence-corrected chi connectivity index (χ2v) is 6.77. The van der Waals surface area contributed by atoms with Crippen LogP contribution in [0.2, 0.25) is 10.0 Å².